The van der Waals surface area contributed by atoms with E-state index in [0.29, 0.717) is 23.8 Å². The number of fused-ring (bicyclic) bond motifs is 1. The van der Waals surface area contributed by atoms with Crippen molar-refractivity contribution in [3.63, 3.8) is 0 Å². The molecule has 2 aromatic rings. The van der Waals surface area contributed by atoms with E-state index < -0.39 is 0 Å². The number of rotatable bonds is 5. The molecule has 0 N–H and O–H groups in total. The molecule has 0 unspecified atom stereocenters. The van der Waals surface area contributed by atoms with Crippen molar-refractivity contribution in [2.45, 2.75) is 26.2 Å². The topological polar surface area (TPSA) is 56.5 Å². The minimum absolute atomic E-state index is 0.124. The van der Waals surface area contributed by atoms with Gasteiger partial charge >= 0.3 is 0 Å². The van der Waals surface area contributed by atoms with Crippen molar-refractivity contribution in [2.24, 2.45) is 5.92 Å². The first-order valence-corrected chi connectivity index (χ1v) is 6.73. The van der Waals surface area contributed by atoms with Gasteiger partial charge in [-0.3, -0.25) is 9.20 Å². The van der Waals surface area contributed by atoms with Crippen molar-refractivity contribution in [3.8, 4) is 5.88 Å². The van der Waals surface area contributed by atoms with Crippen LogP contribution in [0.25, 0.3) is 5.78 Å². The van der Waals surface area contributed by atoms with Gasteiger partial charge in [0.1, 0.15) is 5.69 Å². The maximum atomic E-state index is 12.1. The predicted octanol–water partition coefficient (Wildman–Crippen LogP) is 2.37. The molecule has 0 aliphatic heterocycles. The Balaban J connectivity index is 2.15. The van der Waals surface area contributed by atoms with Crippen molar-refractivity contribution in [1.82, 2.24) is 14.4 Å². The summed E-state index contributed by atoms with van der Waals surface area (Å²) >= 11 is 0. The smallest absolute Gasteiger partial charge is 0.237 e. The van der Waals surface area contributed by atoms with E-state index in [9.17, 15) is 4.79 Å². The molecule has 5 heteroatoms. The van der Waals surface area contributed by atoms with Crippen LogP contribution in [0.3, 0.4) is 0 Å². The summed E-state index contributed by atoms with van der Waals surface area (Å²) in [5.74, 6) is 1.34. The standard InChI is InChI=1S/C15H17N3O2/c1-4-5-11-9(2)18-8-12(13(19)10-6-7-10)16-15(18)17-14(11)20-3/h4,8,10H,1,5-7H2,2-3H3. The van der Waals surface area contributed by atoms with Crippen LogP contribution in [0.2, 0.25) is 0 Å². The Labute approximate surface area is 117 Å². The fraction of sp³-hybridized carbons (Fsp3) is 0.400. The number of ketones is 1. The number of imidazole rings is 1. The number of nitrogens with zero attached hydrogens (tertiary/aromatic N) is 3. The van der Waals surface area contributed by atoms with E-state index in [2.05, 4.69) is 16.5 Å². The van der Waals surface area contributed by atoms with Gasteiger partial charge in [-0.2, -0.15) is 4.98 Å². The number of Topliss-reactive ketones (excluding diaryl/α,β-unsaturated/α-hetero) is 1. The molecule has 1 aliphatic carbocycles. The Kier molecular flexibility index (Phi) is 3.04. The molecule has 0 aromatic carbocycles. The van der Waals surface area contributed by atoms with Gasteiger partial charge in [-0.25, -0.2) is 4.98 Å². The van der Waals surface area contributed by atoms with Crippen LogP contribution >= 0.6 is 0 Å². The van der Waals surface area contributed by atoms with Crippen LogP contribution in [-0.4, -0.2) is 27.3 Å². The fourth-order valence-corrected chi connectivity index (χ4v) is 2.38. The van der Waals surface area contributed by atoms with Crippen LogP contribution in [0.1, 0.15) is 34.6 Å². The van der Waals surface area contributed by atoms with Gasteiger partial charge in [-0.1, -0.05) is 6.08 Å². The second-order valence-electron chi connectivity index (χ2n) is 5.11. The van der Waals surface area contributed by atoms with E-state index in [1.54, 1.807) is 13.3 Å². The maximum absolute atomic E-state index is 12.1. The van der Waals surface area contributed by atoms with E-state index in [0.717, 1.165) is 24.1 Å². The third-order valence-electron chi connectivity index (χ3n) is 3.69. The zero-order valence-electron chi connectivity index (χ0n) is 11.7. The summed E-state index contributed by atoms with van der Waals surface area (Å²) in [4.78, 5) is 20.8. The van der Waals surface area contributed by atoms with Crippen LogP contribution in [0.5, 0.6) is 5.88 Å². The van der Waals surface area contributed by atoms with E-state index in [-0.39, 0.29) is 11.7 Å². The molecule has 1 saturated carbocycles. The lowest BCUT2D eigenvalue weighted by molar-refractivity contribution is 0.0963. The number of aromatic nitrogens is 3. The third-order valence-corrected chi connectivity index (χ3v) is 3.69. The van der Waals surface area contributed by atoms with Gasteiger partial charge in [0, 0.05) is 23.4 Å². The second-order valence-corrected chi connectivity index (χ2v) is 5.11. The third kappa shape index (κ3) is 1.99. The van der Waals surface area contributed by atoms with Gasteiger partial charge in [-0.15, -0.1) is 6.58 Å². The SMILES string of the molecule is C=CCc1c(OC)nc2nc(C(=O)C3CC3)cn2c1C. The number of hydrogen-bond donors (Lipinski definition) is 0. The molecule has 3 rings (SSSR count). The highest BCUT2D eigenvalue weighted by Crippen LogP contribution is 2.32. The zero-order valence-corrected chi connectivity index (χ0v) is 11.7. The lowest BCUT2D eigenvalue weighted by Crippen LogP contribution is -2.03. The lowest BCUT2D eigenvalue weighted by Gasteiger charge is -2.10. The molecule has 0 saturated heterocycles. The van der Waals surface area contributed by atoms with E-state index in [4.69, 9.17) is 4.74 Å². The number of carbonyl (C=O) groups is 1. The first kappa shape index (κ1) is 12.8. The van der Waals surface area contributed by atoms with Crippen molar-refractivity contribution >= 4 is 11.6 Å². The highest BCUT2D eigenvalue weighted by Gasteiger charge is 2.32. The molecule has 1 fully saturated rings. The molecule has 20 heavy (non-hydrogen) atoms. The minimum Gasteiger partial charge on any atom is -0.481 e. The second kappa shape index (κ2) is 4.74. The van der Waals surface area contributed by atoms with Gasteiger partial charge in [0.25, 0.3) is 0 Å². The van der Waals surface area contributed by atoms with Crippen molar-refractivity contribution in [1.29, 1.82) is 0 Å². The fourth-order valence-electron chi connectivity index (χ4n) is 2.38. The Morgan fingerprint density at radius 3 is 2.90 bits per heavy atom. The first-order chi connectivity index (χ1) is 9.65. The van der Waals surface area contributed by atoms with Crippen LogP contribution in [0, 0.1) is 12.8 Å². The molecule has 5 nitrogen and oxygen atoms in total. The average molecular weight is 271 g/mol. The number of aryl methyl sites for hydroxylation is 1. The summed E-state index contributed by atoms with van der Waals surface area (Å²) in [5.41, 5.74) is 2.45. The highest BCUT2D eigenvalue weighted by molar-refractivity contribution is 5.98. The van der Waals surface area contributed by atoms with Gasteiger partial charge in [-0.05, 0) is 26.2 Å². The van der Waals surface area contributed by atoms with Crippen LogP contribution in [0.4, 0.5) is 0 Å². The Bertz CT molecular complexity index is 699. The summed E-state index contributed by atoms with van der Waals surface area (Å²) in [6.07, 6.45) is 6.21. The van der Waals surface area contributed by atoms with Gasteiger partial charge in [0.05, 0.1) is 7.11 Å². The number of methoxy groups -OCH3 is 1. The average Bonchev–Trinajstić information content (AvgIpc) is 3.20. The summed E-state index contributed by atoms with van der Waals surface area (Å²) in [6.45, 7) is 5.73. The molecule has 1 aliphatic rings. The van der Waals surface area contributed by atoms with Gasteiger partial charge in [0.15, 0.2) is 5.78 Å². The zero-order chi connectivity index (χ0) is 14.3. The van der Waals surface area contributed by atoms with Crippen molar-refractivity contribution in [3.05, 3.63) is 35.8 Å². The molecule has 0 spiro atoms. The molecular weight excluding hydrogens is 254 g/mol. The normalized spacial score (nSPS) is 14.5. The summed E-state index contributed by atoms with van der Waals surface area (Å²) in [5, 5.41) is 0. The number of allylic oxidation sites excluding steroid dienone is 1. The summed E-state index contributed by atoms with van der Waals surface area (Å²) in [7, 11) is 1.59. The molecule has 0 bridgehead atoms. The quantitative estimate of drug-likeness (QED) is 0.619. The molecule has 2 aromatic heterocycles. The maximum Gasteiger partial charge on any atom is 0.237 e. The molecule has 0 atom stereocenters. The number of ether oxygens (including phenoxy) is 1. The van der Waals surface area contributed by atoms with Crippen LogP contribution in [-0.2, 0) is 6.42 Å². The van der Waals surface area contributed by atoms with E-state index in [1.165, 1.54) is 0 Å². The summed E-state index contributed by atoms with van der Waals surface area (Å²) in [6, 6.07) is 0. The summed E-state index contributed by atoms with van der Waals surface area (Å²) < 4.78 is 7.18. The minimum atomic E-state index is 0.124. The first-order valence-electron chi connectivity index (χ1n) is 6.73. The van der Waals surface area contributed by atoms with Crippen LogP contribution < -0.4 is 4.74 Å². The van der Waals surface area contributed by atoms with E-state index >= 15 is 0 Å². The van der Waals surface area contributed by atoms with Crippen LogP contribution in [0.15, 0.2) is 18.9 Å². The number of hydrogen-bond acceptors (Lipinski definition) is 4. The van der Waals surface area contributed by atoms with Crippen molar-refractivity contribution in [2.75, 3.05) is 7.11 Å². The lowest BCUT2D eigenvalue weighted by atomic mass is 10.1. The molecule has 104 valence electrons. The van der Waals surface area contributed by atoms with Crippen molar-refractivity contribution < 1.29 is 9.53 Å². The highest BCUT2D eigenvalue weighted by atomic mass is 16.5. The predicted molar refractivity (Wildman–Crippen MR) is 75.2 cm³/mol. The van der Waals surface area contributed by atoms with E-state index in [1.807, 2.05) is 17.4 Å². The Morgan fingerprint density at radius 2 is 2.30 bits per heavy atom. The largest absolute Gasteiger partial charge is 0.481 e. The van der Waals surface area contributed by atoms with Gasteiger partial charge in [0.2, 0.25) is 11.7 Å². The Morgan fingerprint density at radius 1 is 1.55 bits per heavy atom. The molecule has 2 heterocycles. The molecule has 0 amide bonds. The Hall–Kier alpha value is -2.17. The monoisotopic (exact) mass is 271 g/mol. The number of carbonyl (C=O) groups excluding carboxylic acids is 1. The van der Waals surface area contributed by atoms with Gasteiger partial charge < -0.3 is 4.74 Å². The molecular formula is C15H17N3O2. The molecule has 0 radical (unpaired) electrons.